The van der Waals surface area contributed by atoms with Crippen molar-refractivity contribution in [2.45, 2.75) is 25.3 Å². The molecule has 3 heteroatoms. The molecule has 0 amide bonds. The van der Waals surface area contributed by atoms with E-state index in [1.165, 1.54) is 18.4 Å². The fourth-order valence-electron chi connectivity index (χ4n) is 2.01. The quantitative estimate of drug-likeness (QED) is 0.735. The van der Waals surface area contributed by atoms with E-state index in [4.69, 9.17) is 17.3 Å². The van der Waals surface area contributed by atoms with Gasteiger partial charge in [-0.3, -0.25) is 0 Å². The van der Waals surface area contributed by atoms with Crippen LogP contribution in [-0.2, 0) is 6.42 Å². The number of nitrogen functional groups attached to an aromatic ring is 1. The summed E-state index contributed by atoms with van der Waals surface area (Å²) in [5, 5.41) is 4.19. The van der Waals surface area contributed by atoms with E-state index in [-0.39, 0.29) is 0 Å². The van der Waals surface area contributed by atoms with Gasteiger partial charge in [-0.05, 0) is 49.6 Å². The minimum absolute atomic E-state index is 0.605. The zero-order valence-corrected chi connectivity index (χ0v) is 8.85. The number of hydrogen-bond acceptors (Lipinski definition) is 2. The van der Waals surface area contributed by atoms with Gasteiger partial charge in [0.2, 0.25) is 0 Å². The summed E-state index contributed by atoms with van der Waals surface area (Å²) in [5.74, 6) is 0. The first-order valence-corrected chi connectivity index (χ1v) is 5.40. The lowest BCUT2D eigenvalue weighted by atomic mass is 10.0. The van der Waals surface area contributed by atoms with E-state index in [9.17, 15) is 0 Å². The number of hydrogen-bond donors (Lipinski definition) is 2. The Balaban J connectivity index is 2.07. The molecular weight excluding hydrogens is 196 g/mol. The van der Waals surface area contributed by atoms with E-state index in [1.54, 1.807) is 6.07 Å². The van der Waals surface area contributed by atoms with Crippen LogP contribution in [0.25, 0.3) is 0 Å². The highest BCUT2D eigenvalue weighted by Crippen LogP contribution is 2.19. The monoisotopic (exact) mass is 210 g/mol. The van der Waals surface area contributed by atoms with Crippen LogP contribution >= 0.6 is 11.6 Å². The Morgan fingerprint density at radius 2 is 2.29 bits per heavy atom. The van der Waals surface area contributed by atoms with Crippen molar-refractivity contribution in [1.29, 1.82) is 0 Å². The predicted molar refractivity (Wildman–Crippen MR) is 60.6 cm³/mol. The van der Waals surface area contributed by atoms with Crippen molar-refractivity contribution < 1.29 is 0 Å². The van der Waals surface area contributed by atoms with E-state index in [1.807, 2.05) is 12.1 Å². The van der Waals surface area contributed by atoms with E-state index < -0.39 is 0 Å². The Bertz CT molecular complexity index is 299. The molecule has 0 radical (unpaired) electrons. The number of anilines is 1. The first-order valence-electron chi connectivity index (χ1n) is 5.02. The Labute approximate surface area is 89.4 Å². The van der Waals surface area contributed by atoms with Gasteiger partial charge in [0.05, 0.1) is 0 Å². The van der Waals surface area contributed by atoms with Gasteiger partial charge in [0.25, 0.3) is 0 Å². The Kier molecular flexibility index (Phi) is 2.94. The molecule has 3 N–H and O–H groups in total. The van der Waals surface area contributed by atoms with E-state index in [0.717, 1.165) is 23.7 Å². The molecule has 2 nitrogen and oxygen atoms in total. The molecule has 0 saturated carbocycles. The molecule has 1 atom stereocenters. The SMILES string of the molecule is Nc1cc(Cl)cc(CC2CCCN2)c1. The molecule has 1 fully saturated rings. The topological polar surface area (TPSA) is 38.0 Å². The fraction of sp³-hybridized carbons (Fsp3) is 0.455. The van der Waals surface area contributed by atoms with Crippen molar-refractivity contribution in [2.75, 3.05) is 12.3 Å². The van der Waals surface area contributed by atoms with E-state index in [2.05, 4.69) is 5.32 Å². The molecule has 1 aromatic rings. The Morgan fingerprint density at radius 3 is 2.93 bits per heavy atom. The Hall–Kier alpha value is -0.730. The number of nitrogens with two attached hydrogens (primary N) is 1. The van der Waals surface area contributed by atoms with Crippen molar-refractivity contribution in [2.24, 2.45) is 0 Å². The van der Waals surface area contributed by atoms with Crippen LogP contribution in [0.1, 0.15) is 18.4 Å². The summed E-state index contributed by atoms with van der Waals surface area (Å²) in [4.78, 5) is 0. The number of halogens is 1. The molecule has 1 aliphatic heterocycles. The maximum absolute atomic E-state index is 5.94. The summed E-state index contributed by atoms with van der Waals surface area (Å²) >= 11 is 5.94. The minimum Gasteiger partial charge on any atom is -0.399 e. The van der Waals surface area contributed by atoms with Crippen LogP contribution in [0.15, 0.2) is 18.2 Å². The third-order valence-electron chi connectivity index (χ3n) is 2.62. The summed E-state index contributed by atoms with van der Waals surface area (Å²) in [6.07, 6.45) is 3.57. The smallest absolute Gasteiger partial charge is 0.0429 e. The van der Waals surface area contributed by atoms with Crippen LogP contribution in [0.4, 0.5) is 5.69 Å². The first kappa shape index (κ1) is 9.81. The normalized spacial score (nSPS) is 21.4. The average Bonchev–Trinajstić information content (AvgIpc) is 2.54. The maximum Gasteiger partial charge on any atom is 0.0429 e. The van der Waals surface area contributed by atoms with Crippen molar-refractivity contribution in [3.63, 3.8) is 0 Å². The Morgan fingerprint density at radius 1 is 1.43 bits per heavy atom. The molecule has 0 aliphatic carbocycles. The molecule has 1 saturated heterocycles. The van der Waals surface area contributed by atoms with E-state index in [0.29, 0.717) is 6.04 Å². The second-order valence-corrected chi connectivity index (χ2v) is 4.33. The molecule has 0 spiro atoms. The van der Waals surface area contributed by atoms with Gasteiger partial charge in [0.1, 0.15) is 0 Å². The molecule has 1 aromatic carbocycles. The highest BCUT2D eigenvalue weighted by atomic mass is 35.5. The van der Waals surface area contributed by atoms with Crippen molar-refractivity contribution >= 4 is 17.3 Å². The summed E-state index contributed by atoms with van der Waals surface area (Å²) in [5.41, 5.74) is 7.71. The molecular formula is C11H15ClN2. The third-order valence-corrected chi connectivity index (χ3v) is 2.84. The van der Waals surface area contributed by atoms with Gasteiger partial charge in [-0.25, -0.2) is 0 Å². The van der Waals surface area contributed by atoms with Gasteiger partial charge in [-0.2, -0.15) is 0 Å². The summed E-state index contributed by atoms with van der Waals surface area (Å²) in [6, 6.07) is 6.39. The largest absolute Gasteiger partial charge is 0.399 e. The van der Waals surface area contributed by atoms with Crippen LogP contribution in [-0.4, -0.2) is 12.6 Å². The summed E-state index contributed by atoms with van der Waals surface area (Å²) < 4.78 is 0. The first-order chi connectivity index (χ1) is 6.74. The van der Waals surface area contributed by atoms with Crippen LogP contribution in [0.3, 0.4) is 0 Å². The lowest BCUT2D eigenvalue weighted by Crippen LogP contribution is -2.23. The molecule has 1 aliphatic rings. The third kappa shape index (κ3) is 2.40. The predicted octanol–water partition coefficient (Wildman–Crippen LogP) is 2.22. The van der Waals surface area contributed by atoms with Gasteiger partial charge < -0.3 is 11.1 Å². The van der Waals surface area contributed by atoms with Gasteiger partial charge in [0.15, 0.2) is 0 Å². The number of nitrogens with one attached hydrogen (secondary N) is 1. The lowest BCUT2D eigenvalue weighted by molar-refractivity contribution is 0.603. The molecule has 14 heavy (non-hydrogen) atoms. The van der Waals surface area contributed by atoms with Crippen molar-refractivity contribution in [3.8, 4) is 0 Å². The van der Waals surface area contributed by atoms with Gasteiger partial charge >= 0.3 is 0 Å². The van der Waals surface area contributed by atoms with Crippen LogP contribution in [0.5, 0.6) is 0 Å². The van der Waals surface area contributed by atoms with Gasteiger partial charge in [0, 0.05) is 16.8 Å². The van der Waals surface area contributed by atoms with Crippen molar-refractivity contribution in [1.82, 2.24) is 5.32 Å². The zero-order valence-electron chi connectivity index (χ0n) is 8.09. The van der Waals surface area contributed by atoms with Gasteiger partial charge in [-0.15, -0.1) is 0 Å². The maximum atomic E-state index is 5.94. The lowest BCUT2D eigenvalue weighted by Gasteiger charge is -2.10. The highest BCUT2D eigenvalue weighted by Gasteiger charge is 2.14. The average molecular weight is 211 g/mol. The summed E-state index contributed by atoms with van der Waals surface area (Å²) in [7, 11) is 0. The van der Waals surface area contributed by atoms with Crippen LogP contribution in [0.2, 0.25) is 5.02 Å². The summed E-state index contributed by atoms with van der Waals surface area (Å²) in [6.45, 7) is 1.14. The molecule has 0 aromatic heterocycles. The second kappa shape index (κ2) is 4.20. The van der Waals surface area contributed by atoms with Crippen LogP contribution in [0, 0.1) is 0 Å². The fourth-order valence-corrected chi connectivity index (χ4v) is 2.27. The number of benzene rings is 1. The van der Waals surface area contributed by atoms with Crippen LogP contribution < -0.4 is 11.1 Å². The molecule has 76 valence electrons. The minimum atomic E-state index is 0.605. The zero-order chi connectivity index (χ0) is 9.97. The van der Waals surface area contributed by atoms with Gasteiger partial charge in [-0.1, -0.05) is 11.6 Å². The standard InChI is InChI=1S/C11H15ClN2/c12-9-4-8(5-10(13)7-9)6-11-2-1-3-14-11/h4-5,7,11,14H,1-3,6,13H2. The highest BCUT2D eigenvalue weighted by molar-refractivity contribution is 6.30. The molecule has 1 unspecified atom stereocenters. The molecule has 1 heterocycles. The number of rotatable bonds is 2. The molecule has 2 rings (SSSR count). The second-order valence-electron chi connectivity index (χ2n) is 3.89. The van der Waals surface area contributed by atoms with E-state index >= 15 is 0 Å². The van der Waals surface area contributed by atoms with Crippen molar-refractivity contribution in [3.05, 3.63) is 28.8 Å². The molecule has 0 bridgehead atoms.